The Balaban J connectivity index is 2.62. The minimum Gasteiger partial charge on any atom is -0.236 e. The lowest BCUT2D eigenvalue weighted by atomic mass is 10.2. The summed E-state index contributed by atoms with van der Waals surface area (Å²) in [6.45, 7) is 0. The molecule has 0 unspecified atom stereocenters. The highest BCUT2D eigenvalue weighted by atomic mass is 35.5. The Kier molecular flexibility index (Phi) is 4.63. The van der Waals surface area contributed by atoms with Crippen LogP contribution in [0.15, 0.2) is 24.4 Å². The van der Waals surface area contributed by atoms with Gasteiger partial charge in [0.05, 0.1) is 15.6 Å². The SMILES string of the molecule is N#Cc1nn(-c2c(Cl)cc(C(F)(F)F)cc2Cl)cc1C=C(F)F. The number of aromatic nitrogens is 2. The van der Waals surface area contributed by atoms with Crippen LogP contribution >= 0.6 is 23.2 Å². The Bertz CT molecular complexity index is 806. The van der Waals surface area contributed by atoms with E-state index in [4.69, 9.17) is 28.5 Å². The van der Waals surface area contributed by atoms with Gasteiger partial charge in [0, 0.05) is 17.8 Å². The van der Waals surface area contributed by atoms with Crippen molar-refractivity contribution in [2.75, 3.05) is 0 Å². The van der Waals surface area contributed by atoms with Gasteiger partial charge in [0.15, 0.2) is 5.69 Å². The van der Waals surface area contributed by atoms with E-state index in [1.165, 1.54) is 0 Å². The summed E-state index contributed by atoms with van der Waals surface area (Å²) in [5.41, 5.74) is -1.81. The Morgan fingerprint density at radius 3 is 2.22 bits per heavy atom. The van der Waals surface area contributed by atoms with E-state index in [0.717, 1.165) is 10.9 Å². The molecule has 2 rings (SSSR count). The molecular weight excluding hydrogens is 364 g/mol. The van der Waals surface area contributed by atoms with Crippen molar-refractivity contribution in [1.29, 1.82) is 5.26 Å². The second-order valence-corrected chi connectivity index (χ2v) is 5.02. The number of nitrogens with zero attached hydrogens (tertiary/aromatic N) is 3. The van der Waals surface area contributed by atoms with Gasteiger partial charge in [-0.05, 0) is 12.1 Å². The third-order valence-electron chi connectivity index (χ3n) is 2.69. The molecule has 0 saturated carbocycles. The predicted octanol–water partition coefficient (Wildman–Crippen LogP) is 5.31. The summed E-state index contributed by atoms with van der Waals surface area (Å²) in [5, 5.41) is 11.8. The van der Waals surface area contributed by atoms with E-state index in [2.05, 4.69) is 5.10 Å². The maximum absolute atomic E-state index is 12.7. The molecule has 0 bridgehead atoms. The Labute approximate surface area is 136 Å². The molecule has 0 aliphatic rings. The predicted molar refractivity (Wildman–Crippen MR) is 73.5 cm³/mol. The molecule has 23 heavy (non-hydrogen) atoms. The minimum atomic E-state index is -4.65. The van der Waals surface area contributed by atoms with Gasteiger partial charge in [0.25, 0.3) is 6.08 Å². The van der Waals surface area contributed by atoms with E-state index in [0.29, 0.717) is 18.2 Å². The number of benzene rings is 1. The molecule has 0 spiro atoms. The molecule has 10 heteroatoms. The second kappa shape index (κ2) is 6.18. The van der Waals surface area contributed by atoms with Crippen LogP contribution in [0.2, 0.25) is 10.0 Å². The van der Waals surface area contributed by atoms with E-state index in [-0.39, 0.29) is 16.9 Å². The lowest BCUT2D eigenvalue weighted by Gasteiger charge is -2.12. The van der Waals surface area contributed by atoms with Crippen LogP contribution < -0.4 is 0 Å². The van der Waals surface area contributed by atoms with Crippen molar-refractivity contribution < 1.29 is 22.0 Å². The molecule has 0 aliphatic carbocycles. The zero-order valence-electron chi connectivity index (χ0n) is 10.8. The van der Waals surface area contributed by atoms with Gasteiger partial charge in [-0.3, -0.25) is 0 Å². The van der Waals surface area contributed by atoms with Gasteiger partial charge in [-0.25, -0.2) is 4.68 Å². The van der Waals surface area contributed by atoms with Crippen molar-refractivity contribution in [2.24, 2.45) is 0 Å². The average molecular weight is 368 g/mol. The van der Waals surface area contributed by atoms with Gasteiger partial charge >= 0.3 is 6.18 Å². The van der Waals surface area contributed by atoms with Crippen LogP contribution in [-0.4, -0.2) is 9.78 Å². The molecule has 0 saturated heterocycles. The molecule has 3 nitrogen and oxygen atoms in total. The summed E-state index contributed by atoms with van der Waals surface area (Å²) in [6.07, 6.45) is -5.31. The van der Waals surface area contributed by atoms with Crippen LogP contribution in [0, 0.1) is 11.3 Å². The average Bonchev–Trinajstić information content (AvgIpc) is 2.78. The van der Waals surface area contributed by atoms with Crippen molar-refractivity contribution in [3.8, 4) is 11.8 Å². The number of halogens is 7. The fourth-order valence-electron chi connectivity index (χ4n) is 1.76. The number of rotatable bonds is 2. The van der Waals surface area contributed by atoms with Crippen molar-refractivity contribution in [1.82, 2.24) is 9.78 Å². The Morgan fingerprint density at radius 2 is 1.78 bits per heavy atom. The molecule has 0 fully saturated rings. The number of alkyl halides is 3. The number of hydrogen-bond acceptors (Lipinski definition) is 2. The van der Waals surface area contributed by atoms with Crippen LogP contribution in [0.3, 0.4) is 0 Å². The van der Waals surface area contributed by atoms with Crippen LogP contribution in [0.4, 0.5) is 22.0 Å². The monoisotopic (exact) mass is 367 g/mol. The highest BCUT2D eigenvalue weighted by Gasteiger charge is 2.32. The van der Waals surface area contributed by atoms with Gasteiger partial charge in [0.2, 0.25) is 0 Å². The van der Waals surface area contributed by atoms with E-state index >= 15 is 0 Å². The van der Waals surface area contributed by atoms with E-state index in [1.54, 1.807) is 6.07 Å². The highest BCUT2D eigenvalue weighted by molar-refractivity contribution is 6.37. The zero-order valence-corrected chi connectivity index (χ0v) is 12.3. The number of hydrogen-bond donors (Lipinski definition) is 0. The minimum absolute atomic E-state index is 0.156. The van der Waals surface area contributed by atoms with Crippen LogP contribution in [0.1, 0.15) is 16.8 Å². The van der Waals surface area contributed by atoms with Crippen molar-refractivity contribution in [3.63, 3.8) is 0 Å². The molecule has 1 heterocycles. The first-order chi connectivity index (χ1) is 10.6. The lowest BCUT2D eigenvalue weighted by Crippen LogP contribution is -2.07. The third-order valence-corrected chi connectivity index (χ3v) is 3.26. The summed E-state index contributed by atoms with van der Waals surface area (Å²) < 4.78 is 63.6. The molecule has 0 radical (unpaired) electrons. The van der Waals surface area contributed by atoms with E-state index in [1.807, 2.05) is 0 Å². The van der Waals surface area contributed by atoms with Gasteiger partial charge < -0.3 is 0 Å². The molecule has 0 aliphatic heterocycles. The Hall–Kier alpha value is -2.11. The molecule has 1 aromatic carbocycles. The summed E-state index contributed by atoms with van der Waals surface area (Å²) in [7, 11) is 0. The number of nitriles is 1. The fraction of sp³-hybridized carbons (Fsp3) is 0.0769. The van der Waals surface area contributed by atoms with Crippen molar-refractivity contribution >= 4 is 29.3 Å². The van der Waals surface area contributed by atoms with Crippen LogP contribution in [0.25, 0.3) is 11.8 Å². The molecule has 0 amide bonds. The lowest BCUT2D eigenvalue weighted by molar-refractivity contribution is -0.137. The normalized spacial score (nSPS) is 11.2. The molecule has 0 N–H and O–H groups in total. The maximum Gasteiger partial charge on any atom is 0.416 e. The quantitative estimate of drug-likeness (QED) is 0.675. The maximum atomic E-state index is 12.7. The van der Waals surface area contributed by atoms with E-state index < -0.39 is 27.9 Å². The molecular formula is C13H4Cl2F5N3. The topological polar surface area (TPSA) is 41.6 Å². The standard InChI is InChI=1S/C13H4Cl2F5N3/c14-8-2-7(13(18,19)20)3-9(15)12(8)23-5-6(1-11(16)17)10(4-21)22-23/h1-3,5H. The largest absolute Gasteiger partial charge is 0.416 e. The van der Waals surface area contributed by atoms with Crippen LogP contribution in [-0.2, 0) is 6.18 Å². The second-order valence-electron chi connectivity index (χ2n) is 4.21. The molecule has 0 atom stereocenters. The van der Waals surface area contributed by atoms with Crippen molar-refractivity contribution in [2.45, 2.75) is 6.18 Å². The fourth-order valence-corrected chi connectivity index (χ4v) is 2.42. The van der Waals surface area contributed by atoms with Gasteiger partial charge in [0.1, 0.15) is 11.8 Å². The third kappa shape index (κ3) is 3.63. The summed E-state index contributed by atoms with van der Waals surface area (Å²) in [5.74, 6) is 0. The van der Waals surface area contributed by atoms with Gasteiger partial charge in [-0.1, -0.05) is 23.2 Å². The first kappa shape index (κ1) is 17.2. The summed E-state index contributed by atoms with van der Waals surface area (Å²) in [6, 6.07) is 2.84. The molecule has 1 aromatic heterocycles. The first-order valence-electron chi connectivity index (χ1n) is 5.72. The Morgan fingerprint density at radius 1 is 1.22 bits per heavy atom. The van der Waals surface area contributed by atoms with Crippen molar-refractivity contribution in [3.05, 3.63) is 51.3 Å². The smallest absolute Gasteiger partial charge is 0.236 e. The zero-order chi connectivity index (χ0) is 17.4. The highest BCUT2D eigenvalue weighted by Crippen LogP contribution is 2.37. The van der Waals surface area contributed by atoms with Gasteiger partial charge in [-0.2, -0.15) is 32.3 Å². The first-order valence-corrected chi connectivity index (χ1v) is 6.48. The van der Waals surface area contributed by atoms with Crippen LogP contribution in [0.5, 0.6) is 0 Å². The molecule has 120 valence electrons. The van der Waals surface area contributed by atoms with Gasteiger partial charge in [-0.15, -0.1) is 0 Å². The molecule has 2 aromatic rings. The van der Waals surface area contributed by atoms with E-state index in [9.17, 15) is 22.0 Å². The summed E-state index contributed by atoms with van der Waals surface area (Å²) >= 11 is 11.6. The summed E-state index contributed by atoms with van der Waals surface area (Å²) in [4.78, 5) is 0.